The van der Waals surface area contributed by atoms with Crippen LogP contribution in [0.3, 0.4) is 0 Å². The number of anilines is 1. The molecule has 4 rings (SSSR count). The first-order valence-electron chi connectivity index (χ1n) is 12.5. The Balaban J connectivity index is 1.61. The third kappa shape index (κ3) is 6.87. The lowest BCUT2D eigenvalue weighted by atomic mass is 9.94. The van der Waals surface area contributed by atoms with Crippen molar-refractivity contribution in [2.45, 2.75) is 37.2 Å². The maximum absolute atomic E-state index is 14.0. The van der Waals surface area contributed by atoms with Crippen molar-refractivity contribution in [1.82, 2.24) is 20.0 Å². The molecule has 2 atom stereocenters. The maximum Gasteiger partial charge on any atom is 0.534 e. The highest BCUT2D eigenvalue weighted by Crippen LogP contribution is 2.34. The lowest BCUT2D eigenvalue weighted by Crippen LogP contribution is -2.42. The molecule has 41 heavy (non-hydrogen) atoms. The van der Waals surface area contributed by atoms with Crippen LogP contribution in [0.25, 0.3) is 5.70 Å². The number of hydrogen-bond donors (Lipinski definition) is 2. The average Bonchev–Trinajstić information content (AvgIpc) is 3.44. The normalized spacial score (nSPS) is 19.7. The first kappa shape index (κ1) is 30.5. The number of rotatable bonds is 9. The minimum atomic E-state index is -6.03. The van der Waals surface area contributed by atoms with Crippen LogP contribution in [-0.4, -0.2) is 74.0 Å². The minimum absolute atomic E-state index is 0.119. The summed E-state index contributed by atoms with van der Waals surface area (Å²) in [6.45, 7) is 2.90. The topological polar surface area (TPSA) is 115 Å². The molecule has 2 heterocycles. The number of methoxy groups -OCH3 is 1. The number of nitrogens with one attached hydrogen (secondary N) is 2. The van der Waals surface area contributed by atoms with Crippen LogP contribution in [0.4, 0.5) is 32.6 Å². The van der Waals surface area contributed by atoms with Gasteiger partial charge in [-0.25, -0.2) is 18.3 Å². The zero-order chi connectivity index (χ0) is 29.9. The number of alkyl halides is 3. The summed E-state index contributed by atoms with van der Waals surface area (Å²) in [5.41, 5.74) is -5.02. The van der Waals surface area contributed by atoms with Crippen molar-refractivity contribution < 1.29 is 44.1 Å². The van der Waals surface area contributed by atoms with Gasteiger partial charge in [0, 0.05) is 32.7 Å². The van der Waals surface area contributed by atoms with Crippen LogP contribution >= 0.6 is 0 Å². The number of amides is 2. The zero-order valence-corrected chi connectivity index (χ0v) is 22.9. The van der Waals surface area contributed by atoms with Crippen LogP contribution in [0.5, 0.6) is 5.88 Å². The molecule has 1 aromatic carbocycles. The Morgan fingerprint density at radius 1 is 1.17 bits per heavy atom. The van der Waals surface area contributed by atoms with Gasteiger partial charge in [-0.15, -0.1) is 5.10 Å². The number of carbonyl (C=O) groups excluding carboxylic acids is 1. The van der Waals surface area contributed by atoms with Crippen LogP contribution in [0, 0.1) is 18.6 Å². The Hall–Kier alpha value is -3.50. The van der Waals surface area contributed by atoms with E-state index in [1.165, 1.54) is 20.1 Å². The summed E-state index contributed by atoms with van der Waals surface area (Å²) < 4.78 is 100. The van der Waals surface area contributed by atoms with Crippen molar-refractivity contribution >= 4 is 27.7 Å². The third-order valence-electron chi connectivity index (χ3n) is 6.70. The highest BCUT2D eigenvalue weighted by Gasteiger charge is 2.49. The molecule has 1 fully saturated rings. The van der Waals surface area contributed by atoms with Gasteiger partial charge in [-0.1, -0.05) is 18.2 Å². The third-order valence-corrected chi connectivity index (χ3v) is 7.64. The Kier molecular flexibility index (Phi) is 9.03. The molecule has 10 nitrogen and oxygen atoms in total. The number of urea groups is 1. The SMILES string of the molecule is COCCN1C[C@@H](NC(=O)Nc2c(C)c(OS(=O)(=O)C(F)(F)F)nn2C2=CCCC=C2)[C@H](c2ccc(F)c(F)c2)C1. The van der Waals surface area contributed by atoms with Crippen LogP contribution in [0.1, 0.15) is 29.9 Å². The van der Waals surface area contributed by atoms with Crippen LogP contribution < -0.4 is 14.8 Å². The predicted octanol–water partition coefficient (Wildman–Crippen LogP) is 4.12. The molecule has 1 aliphatic heterocycles. The van der Waals surface area contributed by atoms with E-state index in [9.17, 15) is 35.2 Å². The van der Waals surface area contributed by atoms with Gasteiger partial charge < -0.3 is 14.2 Å². The monoisotopic (exact) mass is 605 g/mol. The zero-order valence-electron chi connectivity index (χ0n) is 22.0. The molecule has 2 aromatic rings. The maximum atomic E-state index is 14.0. The van der Waals surface area contributed by atoms with Crippen molar-refractivity contribution in [3.05, 3.63) is 59.2 Å². The summed E-state index contributed by atoms with van der Waals surface area (Å²) in [6, 6.07) is 2.14. The molecule has 224 valence electrons. The Bertz CT molecular complexity index is 1460. The summed E-state index contributed by atoms with van der Waals surface area (Å²) >= 11 is 0. The first-order valence-corrected chi connectivity index (χ1v) is 13.9. The molecule has 0 unspecified atom stereocenters. The second-order valence-corrected chi connectivity index (χ2v) is 11.1. The quantitative estimate of drug-likeness (QED) is 0.251. The van der Waals surface area contributed by atoms with E-state index in [4.69, 9.17) is 4.74 Å². The molecule has 1 aromatic heterocycles. The molecule has 1 aliphatic carbocycles. The Morgan fingerprint density at radius 3 is 2.56 bits per heavy atom. The number of likely N-dealkylation sites (tertiary alicyclic amines) is 1. The number of allylic oxidation sites excluding steroid dienone is 4. The van der Waals surface area contributed by atoms with E-state index in [-0.39, 0.29) is 11.4 Å². The summed E-state index contributed by atoms with van der Waals surface area (Å²) in [6.07, 6.45) is 6.38. The number of hydrogen-bond acceptors (Lipinski definition) is 7. The molecule has 16 heteroatoms. The Labute approximate surface area is 232 Å². The fraction of sp³-hybridized carbons (Fsp3) is 0.440. The molecule has 0 radical (unpaired) electrons. The van der Waals surface area contributed by atoms with Gasteiger partial charge in [0.25, 0.3) is 5.88 Å². The molecule has 2 aliphatic rings. The largest absolute Gasteiger partial charge is 0.534 e. The van der Waals surface area contributed by atoms with E-state index in [1.807, 2.05) is 4.90 Å². The smallest absolute Gasteiger partial charge is 0.383 e. The molecule has 1 saturated heterocycles. The lowest BCUT2D eigenvalue weighted by molar-refractivity contribution is -0.0501. The van der Waals surface area contributed by atoms with Gasteiger partial charge in [0.15, 0.2) is 11.6 Å². The molecule has 0 spiro atoms. The van der Waals surface area contributed by atoms with E-state index in [0.717, 1.165) is 16.8 Å². The van der Waals surface area contributed by atoms with Crippen molar-refractivity contribution in [3.8, 4) is 5.88 Å². The van der Waals surface area contributed by atoms with Crippen LogP contribution in [0.15, 0.2) is 36.4 Å². The number of ether oxygens (including phenoxy) is 1. The summed E-state index contributed by atoms with van der Waals surface area (Å²) in [5, 5.41) is 9.23. The van der Waals surface area contributed by atoms with Gasteiger partial charge in [0.2, 0.25) is 0 Å². The number of halogens is 5. The predicted molar refractivity (Wildman–Crippen MR) is 139 cm³/mol. The van der Waals surface area contributed by atoms with Crippen molar-refractivity contribution in [2.75, 3.05) is 38.7 Å². The Morgan fingerprint density at radius 2 is 1.93 bits per heavy atom. The van der Waals surface area contributed by atoms with E-state index < -0.39 is 51.1 Å². The number of benzene rings is 1. The van der Waals surface area contributed by atoms with Gasteiger partial charge in [0.05, 0.1) is 23.9 Å². The standard InChI is InChI=1S/C25H28F5N5O5S/c1-15-22(35(17-6-4-3-5-7-17)33-23(15)40-41(37,38)25(28,29)30)32-24(36)31-21-14-34(10-11-39-2)13-18(21)16-8-9-19(26)20(27)12-16/h4,6-9,12,18,21H,3,5,10-11,13-14H2,1-2H3,(H2,31,32,36)/t18-,21+/m0/s1. The minimum Gasteiger partial charge on any atom is -0.383 e. The van der Waals surface area contributed by atoms with Gasteiger partial charge in [0.1, 0.15) is 5.82 Å². The van der Waals surface area contributed by atoms with Gasteiger partial charge >= 0.3 is 21.7 Å². The highest BCUT2D eigenvalue weighted by atomic mass is 32.2. The molecular formula is C25H28F5N5O5S. The molecular weight excluding hydrogens is 577 g/mol. The van der Waals surface area contributed by atoms with Gasteiger partial charge in [-0.3, -0.25) is 10.2 Å². The van der Waals surface area contributed by atoms with E-state index in [0.29, 0.717) is 50.3 Å². The number of carbonyl (C=O) groups is 1. The summed E-state index contributed by atoms with van der Waals surface area (Å²) in [5.74, 6) is -3.45. The highest BCUT2D eigenvalue weighted by molar-refractivity contribution is 7.87. The van der Waals surface area contributed by atoms with E-state index in [2.05, 4.69) is 19.9 Å². The summed E-state index contributed by atoms with van der Waals surface area (Å²) in [4.78, 5) is 15.2. The lowest BCUT2D eigenvalue weighted by Gasteiger charge is -2.21. The van der Waals surface area contributed by atoms with Crippen LogP contribution in [0.2, 0.25) is 0 Å². The summed E-state index contributed by atoms with van der Waals surface area (Å²) in [7, 11) is -4.49. The first-order chi connectivity index (χ1) is 19.3. The number of nitrogens with zero attached hydrogens (tertiary/aromatic N) is 3. The molecule has 2 N–H and O–H groups in total. The second-order valence-electron chi connectivity index (χ2n) is 9.52. The van der Waals surface area contributed by atoms with Crippen molar-refractivity contribution in [2.24, 2.45) is 0 Å². The van der Waals surface area contributed by atoms with E-state index >= 15 is 0 Å². The van der Waals surface area contributed by atoms with Gasteiger partial charge in [-0.05, 0) is 43.5 Å². The average molecular weight is 606 g/mol. The molecule has 0 saturated carbocycles. The molecule has 0 bridgehead atoms. The number of aromatic nitrogens is 2. The second kappa shape index (κ2) is 12.2. The van der Waals surface area contributed by atoms with Gasteiger partial charge in [-0.2, -0.15) is 21.6 Å². The fourth-order valence-corrected chi connectivity index (χ4v) is 5.08. The van der Waals surface area contributed by atoms with Crippen LogP contribution in [-0.2, 0) is 14.9 Å². The van der Waals surface area contributed by atoms with Crippen molar-refractivity contribution in [3.63, 3.8) is 0 Å². The molecule has 2 amide bonds. The van der Waals surface area contributed by atoms with Crippen molar-refractivity contribution in [1.29, 1.82) is 0 Å². The van der Waals surface area contributed by atoms with E-state index in [1.54, 1.807) is 18.2 Å². The fourth-order valence-electron chi connectivity index (χ4n) is 4.62.